The van der Waals surface area contributed by atoms with Gasteiger partial charge in [0.05, 0.1) is 19.6 Å². The number of hydrazine groups is 1. The van der Waals surface area contributed by atoms with Crippen LogP contribution in [0, 0.1) is 0 Å². The van der Waals surface area contributed by atoms with E-state index in [0.717, 1.165) is 0 Å². The van der Waals surface area contributed by atoms with Crippen LogP contribution in [0.5, 0.6) is 5.75 Å². The van der Waals surface area contributed by atoms with Crippen LogP contribution in [-0.2, 0) is 23.9 Å². The Morgan fingerprint density at radius 3 is 2.10 bits per heavy atom. The summed E-state index contributed by atoms with van der Waals surface area (Å²) in [4.78, 5) is 46.5. The number of amides is 3. The summed E-state index contributed by atoms with van der Waals surface area (Å²) in [5.41, 5.74) is 5.23. The lowest BCUT2D eigenvalue weighted by molar-refractivity contribution is -0.144. The number of thiocarbonyl (C=S) groups is 1. The van der Waals surface area contributed by atoms with E-state index in [9.17, 15) is 19.2 Å². The second-order valence-electron chi connectivity index (χ2n) is 5.86. The third-order valence-corrected chi connectivity index (χ3v) is 3.66. The fourth-order valence-electron chi connectivity index (χ4n) is 2.11. The van der Waals surface area contributed by atoms with Crippen molar-refractivity contribution in [1.29, 1.82) is 0 Å². The largest absolute Gasteiger partial charge is 0.494 e. The summed E-state index contributed by atoms with van der Waals surface area (Å²) >= 11 is 4.87. The molecule has 0 unspecified atom stereocenters. The molecule has 30 heavy (non-hydrogen) atoms. The van der Waals surface area contributed by atoms with Crippen LogP contribution in [0.25, 0.3) is 0 Å². The molecule has 1 rings (SSSR count). The Morgan fingerprint density at radius 2 is 1.47 bits per heavy atom. The Bertz CT molecular complexity index is 754. The number of anilines is 1. The molecule has 0 aliphatic rings. The lowest BCUT2D eigenvalue weighted by Crippen LogP contribution is -2.48. The Balaban J connectivity index is 2.22. The number of benzene rings is 1. The number of ether oxygens (including phenoxy) is 2. The molecule has 0 fully saturated rings. The summed E-state index contributed by atoms with van der Waals surface area (Å²) < 4.78 is 10.0. The van der Waals surface area contributed by atoms with Crippen LogP contribution < -0.4 is 26.2 Å². The van der Waals surface area contributed by atoms with Gasteiger partial charge in [0.1, 0.15) is 5.75 Å². The van der Waals surface area contributed by atoms with Crippen molar-refractivity contribution in [2.75, 3.05) is 18.5 Å². The average Bonchev–Trinajstić information content (AvgIpc) is 2.71. The molecule has 0 radical (unpaired) electrons. The van der Waals surface area contributed by atoms with E-state index in [4.69, 9.17) is 21.7 Å². The number of nitrogens with one attached hydrogen (secondary N) is 4. The van der Waals surface area contributed by atoms with Crippen molar-refractivity contribution in [2.45, 2.75) is 39.5 Å². The zero-order valence-corrected chi connectivity index (χ0v) is 17.7. The van der Waals surface area contributed by atoms with Crippen LogP contribution in [0.3, 0.4) is 0 Å². The van der Waals surface area contributed by atoms with Gasteiger partial charge >= 0.3 is 5.97 Å². The first-order chi connectivity index (χ1) is 14.3. The van der Waals surface area contributed by atoms with Gasteiger partial charge in [0.25, 0.3) is 0 Å². The molecule has 10 nitrogen and oxygen atoms in total. The zero-order chi connectivity index (χ0) is 22.4. The number of hydrogen-bond donors (Lipinski definition) is 4. The summed E-state index contributed by atoms with van der Waals surface area (Å²) in [6.07, 6.45) is -0.299. The summed E-state index contributed by atoms with van der Waals surface area (Å²) in [5.74, 6) is -1.10. The monoisotopic (exact) mass is 438 g/mol. The van der Waals surface area contributed by atoms with Gasteiger partial charge in [-0.2, -0.15) is 0 Å². The molecule has 0 bridgehead atoms. The van der Waals surface area contributed by atoms with Crippen molar-refractivity contribution in [3.05, 3.63) is 24.3 Å². The summed E-state index contributed by atoms with van der Waals surface area (Å²) in [7, 11) is 0. The van der Waals surface area contributed by atoms with Crippen LogP contribution in [0.2, 0.25) is 0 Å². The maximum absolute atomic E-state index is 11.9. The quantitative estimate of drug-likeness (QED) is 0.243. The average molecular weight is 439 g/mol. The van der Waals surface area contributed by atoms with Crippen LogP contribution >= 0.6 is 12.2 Å². The van der Waals surface area contributed by atoms with Crippen LogP contribution in [0.1, 0.15) is 39.5 Å². The van der Waals surface area contributed by atoms with E-state index in [0.29, 0.717) is 18.0 Å². The Labute approximate surface area is 180 Å². The smallest absolute Gasteiger partial charge is 0.306 e. The molecule has 11 heteroatoms. The van der Waals surface area contributed by atoms with Crippen molar-refractivity contribution < 1.29 is 28.7 Å². The summed E-state index contributed by atoms with van der Waals surface area (Å²) in [5, 5.41) is 4.86. The van der Waals surface area contributed by atoms with Crippen molar-refractivity contribution in [2.24, 2.45) is 0 Å². The van der Waals surface area contributed by atoms with Gasteiger partial charge in [-0.15, -0.1) is 0 Å². The highest BCUT2D eigenvalue weighted by molar-refractivity contribution is 7.80. The molecular weight excluding hydrogens is 412 g/mol. The Hall–Kier alpha value is -3.21. The SMILES string of the molecule is CCOC(=O)CCC(=O)NC(=S)NNC(=O)CCC(=O)Nc1ccc(OCC)cc1. The number of esters is 1. The summed E-state index contributed by atoms with van der Waals surface area (Å²) in [6, 6.07) is 6.87. The van der Waals surface area contributed by atoms with Gasteiger partial charge in [-0.25, -0.2) is 0 Å². The van der Waals surface area contributed by atoms with E-state index in [-0.39, 0.29) is 43.3 Å². The van der Waals surface area contributed by atoms with E-state index >= 15 is 0 Å². The predicted octanol–water partition coefficient (Wildman–Crippen LogP) is 1.17. The highest BCUT2D eigenvalue weighted by Crippen LogP contribution is 2.15. The molecule has 4 N–H and O–H groups in total. The first-order valence-corrected chi connectivity index (χ1v) is 9.81. The van der Waals surface area contributed by atoms with Gasteiger partial charge in [-0.1, -0.05) is 0 Å². The van der Waals surface area contributed by atoms with E-state index < -0.39 is 17.8 Å². The second-order valence-corrected chi connectivity index (χ2v) is 6.27. The van der Waals surface area contributed by atoms with Gasteiger partial charge in [0.15, 0.2) is 5.11 Å². The molecular formula is C19H26N4O6S. The molecule has 0 aliphatic carbocycles. The van der Waals surface area contributed by atoms with Gasteiger partial charge < -0.3 is 20.1 Å². The molecule has 3 amide bonds. The van der Waals surface area contributed by atoms with Gasteiger partial charge in [-0.3, -0.25) is 30.0 Å². The fraction of sp³-hybridized carbons (Fsp3) is 0.421. The molecule has 0 aliphatic heterocycles. The second kappa shape index (κ2) is 13.9. The Kier molecular flexibility index (Phi) is 11.5. The van der Waals surface area contributed by atoms with Crippen molar-refractivity contribution in [3.63, 3.8) is 0 Å². The van der Waals surface area contributed by atoms with Crippen molar-refractivity contribution >= 4 is 46.7 Å². The predicted molar refractivity (Wildman–Crippen MR) is 113 cm³/mol. The fourth-order valence-corrected chi connectivity index (χ4v) is 2.27. The number of carbonyl (C=O) groups is 4. The number of rotatable bonds is 10. The van der Waals surface area contributed by atoms with Crippen molar-refractivity contribution in [1.82, 2.24) is 16.2 Å². The molecule has 0 aromatic heterocycles. The zero-order valence-electron chi connectivity index (χ0n) is 16.9. The first kappa shape index (κ1) is 24.8. The van der Waals surface area contributed by atoms with Gasteiger partial charge in [0.2, 0.25) is 17.7 Å². The molecule has 0 spiro atoms. The van der Waals surface area contributed by atoms with E-state index in [1.54, 1.807) is 31.2 Å². The Morgan fingerprint density at radius 1 is 0.833 bits per heavy atom. The topological polar surface area (TPSA) is 135 Å². The highest BCUT2D eigenvalue weighted by atomic mass is 32.1. The van der Waals surface area contributed by atoms with Gasteiger partial charge in [-0.05, 0) is 50.3 Å². The third-order valence-electron chi connectivity index (χ3n) is 3.46. The maximum atomic E-state index is 11.9. The highest BCUT2D eigenvalue weighted by Gasteiger charge is 2.11. The van der Waals surface area contributed by atoms with Gasteiger partial charge in [0, 0.05) is 24.9 Å². The standard InChI is InChI=1S/C19H26N4O6S/c1-3-28-14-7-5-13(6-8-14)20-15(24)9-10-17(26)22-23-19(30)21-16(25)11-12-18(27)29-4-2/h5-8H,3-4,9-12H2,1-2H3,(H,20,24)(H,22,26)(H2,21,23,25,30). The minimum Gasteiger partial charge on any atom is -0.494 e. The lowest BCUT2D eigenvalue weighted by Gasteiger charge is -2.11. The number of carbonyl (C=O) groups excluding carboxylic acids is 4. The van der Waals surface area contributed by atoms with E-state index in [2.05, 4.69) is 21.5 Å². The van der Waals surface area contributed by atoms with E-state index in [1.807, 2.05) is 6.92 Å². The third kappa shape index (κ3) is 11.0. The van der Waals surface area contributed by atoms with Crippen LogP contribution in [0.15, 0.2) is 24.3 Å². The van der Waals surface area contributed by atoms with Crippen LogP contribution in [0.4, 0.5) is 5.69 Å². The maximum Gasteiger partial charge on any atom is 0.306 e. The molecule has 0 atom stereocenters. The molecule has 0 heterocycles. The van der Waals surface area contributed by atoms with E-state index in [1.165, 1.54) is 0 Å². The normalized spacial score (nSPS) is 9.80. The van der Waals surface area contributed by atoms with Crippen LogP contribution in [-0.4, -0.2) is 42.0 Å². The molecule has 0 saturated carbocycles. The molecule has 0 saturated heterocycles. The van der Waals surface area contributed by atoms with Crippen molar-refractivity contribution in [3.8, 4) is 5.75 Å². The minimum atomic E-state index is -0.496. The molecule has 1 aromatic rings. The molecule has 164 valence electrons. The first-order valence-electron chi connectivity index (χ1n) is 9.41. The lowest BCUT2D eigenvalue weighted by atomic mass is 10.2. The summed E-state index contributed by atoms with van der Waals surface area (Å²) in [6.45, 7) is 4.34. The molecule has 1 aromatic carbocycles. The number of hydrogen-bond acceptors (Lipinski definition) is 7. The minimum absolute atomic E-state index is 0.0423.